The number of carboxylic acid groups (broad SMARTS) is 1. The Hall–Kier alpha value is -1.56. The van der Waals surface area contributed by atoms with Gasteiger partial charge in [-0.3, -0.25) is 14.6 Å². The van der Waals surface area contributed by atoms with Crippen LogP contribution in [0.2, 0.25) is 0 Å². The number of thioether (sulfide) groups is 1. The van der Waals surface area contributed by atoms with E-state index in [2.05, 4.69) is 10.3 Å². The number of hydrogen-bond donors (Lipinski definition) is 2. The number of amides is 1. The van der Waals surface area contributed by atoms with Crippen LogP contribution >= 0.6 is 11.8 Å². The summed E-state index contributed by atoms with van der Waals surface area (Å²) in [5, 5.41) is 11.0. The van der Waals surface area contributed by atoms with Gasteiger partial charge in [0, 0.05) is 17.3 Å². The molecular formula is C10H12N2O3S. The van der Waals surface area contributed by atoms with Gasteiger partial charge < -0.3 is 10.4 Å². The number of nitrogens with one attached hydrogen (secondary N) is 1. The van der Waals surface area contributed by atoms with Crippen LogP contribution in [0.4, 0.5) is 0 Å². The predicted octanol–water partition coefficient (Wildman–Crippen LogP) is 0.763. The molecule has 2 N–H and O–H groups in total. The first-order valence-corrected chi connectivity index (χ1v) is 5.63. The van der Waals surface area contributed by atoms with Crippen LogP contribution in [0.15, 0.2) is 29.4 Å². The fourth-order valence-corrected chi connectivity index (χ4v) is 1.62. The normalized spacial score (nSPS) is 11.8. The van der Waals surface area contributed by atoms with Gasteiger partial charge in [0.05, 0.1) is 5.75 Å². The lowest BCUT2D eigenvalue weighted by molar-refractivity contribution is -0.140. The van der Waals surface area contributed by atoms with Crippen molar-refractivity contribution < 1.29 is 14.7 Å². The molecule has 1 atom stereocenters. The summed E-state index contributed by atoms with van der Waals surface area (Å²) in [5.74, 6) is -1.14. The minimum Gasteiger partial charge on any atom is -0.480 e. The van der Waals surface area contributed by atoms with Crippen molar-refractivity contribution in [2.24, 2.45) is 0 Å². The van der Waals surface area contributed by atoms with E-state index in [4.69, 9.17) is 5.11 Å². The first-order chi connectivity index (χ1) is 7.59. The minimum atomic E-state index is -1.04. The van der Waals surface area contributed by atoms with Gasteiger partial charge in [0.25, 0.3) is 0 Å². The number of nitrogens with zero attached hydrogens (tertiary/aromatic N) is 1. The van der Waals surface area contributed by atoms with Crippen LogP contribution in [0, 0.1) is 0 Å². The molecule has 0 aromatic carbocycles. The maximum Gasteiger partial charge on any atom is 0.325 e. The van der Waals surface area contributed by atoms with Gasteiger partial charge in [-0.2, -0.15) is 0 Å². The molecule has 0 radical (unpaired) electrons. The molecule has 6 heteroatoms. The molecule has 1 amide bonds. The van der Waals surface area contributed by atoms with Gasteiger partial charge in [-0.1, -0.05) is 0 Å². The first-order valence-electron chi connectivity index (χ1n) is 4.64. The van der Waals surface area contributed by atoms with Crippen LogP contribution in [0.5, 0.6) is 0 Å². The van der Waals surface area contributed by atoms with E-state index >= 15 is 0 Å². The Morgan fingerprint density at radius 1 is 1.50 bits per heavy atom. The SMILES string of the molecule is C[C@H](NC(=O)CSc1ccncc1)C(=O)O. The monoisotopic (exact) mass is 240 g/mol. The summed E-state index contributed by atoms with van der Waals surface area (Å²) in [6.45, 7) is 1.43. The maximum absolute atomic E-state index is 11.3. The molecule has 1 aromatic heterocycles. The quantitative estimate of drug-likeness (QED) is 0.743. The minimum absolute atomic E-state index is 0.196. The molecule has 0 aliphatic rings. The third-order valence-electron chi connectivity index (χ3n) is 1.77. The maximum atomic E-state index is 11.3. The van der Waals surface area contributed by atoms with Gasteiger partial charge in [0.2, 0.25) is 5.91 Å². The third-order valence-corrected chi connectivity index (χ3v) is 2.78. The van der Waals surface area contributed by atoms with Crippen LogP contribution in [0.1, 0.15) is 6.92 Å². The fraction of sp³-hybridized carbons (Fsp3) is 0.300. The van der Waals surface area contributed by atoms with E-state index in [-0.39, 0.29) is 11.7 Å². The second-order valence-corrected chi connectivity index (χ2v) is 4.15. The van der Waals surface area contributed by atoms with Crippen molar-refractivity contribution in [1.82, 2.24) is 10.3 Å². The molecule has 1 rings (SSSR count). The lowest BCUT2D eigenvalue weighted by Gasteiger charge is -2.08. The lowest BCUT2D eigenvalue weighted by Crippen LogP contribution is -2.39. The largest absolute Gasteiger partial charge is 0.480 e. The van der Waals surface area contributed by atoms with Crippen LogP contribution in [0.3, 0.4) is 0 Å². The third kappa shape index (κ3) is 4.31. The van der Waals surface area contributed by atoms with Gasteiger partial charge in [-0.15, -0.1) is 11.8 Å². The molecule has 0 spiro atoms. The summed E-state index contributed by atoms with van der Waals surface area (Å²) < 4.78 is 0. The number of carboxylic acids is 1. The standard InChI is InChI=1S/C10H12N2O3S/c1-7(10(14)15)12-9(13)6-16-8-2-4-11-5-3-8/h2-5,7H,6H2,1H3,(H,12,13)(H,14,15)/t7-/m0/s1. The second-order valence-electron chi connectivity index (χ2n) is 3.10. The molecule has 5 nitrogen and oxygen atoms in total. The molecule has 86 valence electrons. The van der Waals surface area contributed by atoms with E-state index in [1.54, 1.807) is 24.5 Å². The molecule has 0 saturated carbocycles. The Kier molecular flexibility index (Phi) is 4.78. The zero-order chi connectivity index (χ0) is 12.0. The molecule has 1 heterocycles. The van der Waals surface area contributed by atoms with E-state index in [0.29, 0.717) is 0 Å². The molecule has 16 heavy (non-hydrogen) atoms. The molecular weight excluding hydrogens is 228 g/mol. The highest BCUT2D eigenvalue weighted by Crippen LogP contribution is 2.15. The van der Waals surface area contributed by atoms with Crippen LogP contribution in [-0.4, -0.2) is 33.8 Å². The number of carbonyl (C=O) groups is 2. The molecule has 0 saturated heterocycles. The van der Waals surface area contributed by atoms with Crippen LogP contribution in [0.25, 0.3) is 0 Å². The Labute approximate surface area is 97.3 Å². The smallest absolute Gasteiger partial charge is 0.325 e. The van der Waals surface area contributed by atoms with Crippen molar-refractivity contribution in [3.05, 3.63) is 24.5 Å². The number of pyridine rings is 1. The molecule has 0 fully saturated rings. The van der Waals surface area contributed by atoms with Crippen LogP contribution < -0.4 is 5.32 Å². The highest BCUT2D eigenvalue weighted by Gasteiger charge is 2.13. The fourth-order valence-electron chi connectivity index (χ4n) is 0.928. The van der Waals surface area contributed by atoms with Crippen molar-refractivity contribution in [2.45, 2.75) is 17.9 Å². The van der Waals surface area contributed by atoms with Crippen molar-refractivity contribution in [3.63, 3.8) is 0 Å². The van der Waals surface area contributed by atoms with Crippen LogP contribution in [-0.2, 0) is 9.59 Å². The number of carbonyl (C=O) groups excluding carboxylic acids is 1. The average molecular weight is 240 g/mol. The summed E-state index contributed by atoms with van der Waals surface area (Å²) >= 11 is 1.34. The lowest BCUT2D eigenvalue weighted by atomic mass is 10.3. The highest BCUT2D eigenvalue weighted by atomic mass is 32.2. The van der Waals surface area contributed by atoms with E-state index in [9.17, 15) is 9.59 Å². The Morgan fingerprint density at radius 2 is 2.12 bits per heavy atom. The van der Waals surface area contributed by atoms with E-state index in [1.807, 2.05) is 0 Å². The summed E-state index contributed by atoms with van der Waals surface area (Å²) in [6, 6.07) is 2.72. The number of hydrogen-bond acceptors (Lipinski definition) is 4. The molecule has 0 aliphatic carbocycles. The van der Waals surface area contributed by atoms with Crippen molar-refractivity contribution in [2.75, 3.05) is 5.75 Å². The topological polar surface area (TPSA) is 79.3 Å². The summed E-state index contributed by atoms with van der Waals surface area (Å²) in [4.78, 5) is 26.6. The number of aromatic nitrogens is 1. The highest BCUT2D eigenvalue weighted by molar-refractivity contribution is 8.00. The van der Waals surface area contributed by atoms with Crippen molar-refractivity contribution in [3.8, 4) is 0 Å². The van der Waals surface area contributed by atoms with E-state index < -0.39 is 12.0 Å². The zero-order valence-corrected chi connectivity index (χ0v) is 9.53. The van der Waals surface area contributed by atoms with Gasteiger partial charge in [-0.25, -0.2) is 0 Å². The Bertz CT molecular complexity index is 370. The number of rotatable bonds is 5. The van der Waals surface area contributed by atoms with Gasteiger partial charge in [-0.05, 0) is 19.1 Å². The zero-order valence-electron chi connectivity index (χ0n) is 8.71. The first kappa shape index (κ1) is 12.5. The Balaban J connectivity index is 2.33. The molecule has 0 aliphatic heterocycles. The number of aliphatic carboxylic acids is 1. The van der Waals surface area contributed by atoms with Crippen molar-refractivity contribution >= 4 is 23.6 Å². The van der Waals surface area contributed by atoms with E-state index in [1.165, 1.54) is 18.7 Å². The predicted molar refractivity (Wildman–Crippen MR) is 60.2 cm³/mol. The van der Waals surface area contributed by atoms with Gasteiger partial charge in [0.15, 0.2) is 0 Å². The van der Waals surface area contributed by atoms with Gasteiger partial charge in [0.1, 0.15) is 6.04 Å². The summed E-state index contributed by atoms with van der Waals surface area (Å²) in [5.41, 5.74) is 0. The van der Waals surface area contributed by atoms with E-state index in [0.717, 1.165) is 4.90 Å². The van der Waals surface area contributed by atoms with Crippen molar-refractivity contribution in [1.29, 1.82) is 0 Å². The second kappa shape index (κ2) is 6.12. The molecule has 0 bridgehead atoms. The average Bonchev–Trinajstić information content (AvgIpc) is 2.27. The summed E-state index contributed by atoms with van der Waals surface area (Å²) in [7, 11) is 0. The Morgan fingerprint density at radius 3 is 2.69 bits per heavy atom. The van der Waals surface area contributed by atoms with Gasteiger partial charge >= 0.3 is 5.97 Å². The molecule has 1 aromatic rings. The molecule has 0 unspecified atom stereocenters. The summed E-state index contributed by atoms with van der Waals surface area (Å²) in [6.07, 6.45) is 3.28.